The molecule has 1 amide bonds. The Labute approximate surface area is 164 Å². The predicted octanol–water partition coefficient (Wildman–Crippen LogP) is 4.67. The van der Waals surface area contributed by atoms with Crippen molar-refractivity contribution >= 4 is 50.5 Å². The summed E-state index contributed by atoms with van der Waals surface area (Å²) in [6.07, 6.45) is 1.73. The maximum absolute atomic E-state index is 12.3. The minimum atomic E-state index is -0.207. The lowest BCUT2D eigenvalue weighted by Gasteiger charge is -2.06. The van der Waals surface area contributed by atoms with Crippen LogP contribution in [0.5, 0.6) is 11.5 Å². The fourth-order valence-corrected chi connectivity index (χ4v) is 3.80. The molecule has 0 unspecified atom stereocenters. The molecule has 1 heterocycles. The summed E-state index contributed by atoms with van der Waals surface area (Å²) in [6.45, 7) is 4.02. The molecule has 1 saturated heterocycles. The molecule has 7 heteroatoms. The molecule has 0 bridgehead atoms. The minimum Gasteiger partial charge on any atom is -0.503 e. The Morgan fingerprint density at radius 2 is 2.04 bits per heavy atom. The lowest BCUT2D eigenvalue weighted by atomic mass is 10.1. The first-order valence-electron chi connectivity index (χ1n) is 7.80. The number of aromatic hydroxyl groups is 1. The molecule has 0 spiro atoms. The van der Waals surface area contributed by atoms with Crippen molar-refractivity contribution in [2.24, 2.45) is 4.99 Å². The van der Waals surface area contributed by atoms with Crippen LogP contribution in [0.4, 0.5) is 5.69 Å². The lowest BCUT2D eigenvalue weighted by Crippen LogP contribution is -2.19. The van der Waals surface area contributed by atoms with E-state index in [9.17, 15) is 9.90 Å². The van der Waals surface area contributed by atoms with Crippen LogP contribution >= 0.6 is 27.7 Å². The van der Waals surface area contributed by atoms with Crippen LogP contribution < -0.4 is 10.1 Å². The normalized spacial score (nSPS) is 17.0. The van der Waals surface area contributed by atoms with Gasteiger partial charge in [0.05, 0.1) is 22.2 Å². The van der Waals surface area contributed by atoms with Gasteiger partial charge in [0.25, 0.3) is 5.91 Å². The number of phenolic OH excluding ortho intramolecular Hbond substituents is 1. The Morgan fingerprint density at radius 1 is 1.27 bits per heavy atom. The number of aryl methyl sites for hydroxylation is 2. The zero-order valence-electron chi connectivity index (χ0n) is 14.5. The Morgan fingerprint density at radius 3 is 2.73 bits per heavy atom. The van der Waals surface area contributed by atoms with Crippen molar-refractivity contribution in [3.05, 3.63) is 56.4 Å². The maximum atomic E-state index is 12.3. The minimum absolute atomic E-state index is 0.0234. The van der Waals surface area contributed by atoms with Crippen LogP contribution in [0.1, 0.15) is 16.7 Å². The van der Waals surface area contributed by atoms with Gasteiger partial charge in [-0.15, -0.1) is 0 Å². The van der Waals surface area contributed by atoms with Crippen molar-refractivity contribution in [1.29, 1.82) is 0 Å². The summed E-state index contributed by atoms with van der Waals surface area (Å²) in [6, 6.07) is 9.37. The fraction of sp³-hybridized carbons (Fsp3) is 0.158. The summed E-state index contributed by atoms with van der Waals surface area (Å²) >= 11 is 4.56. The second-order valence-electron chi connectivity index (χ2n) is 5.83. The van der Waals surface area contributed by atoms with Gasteiger partial charge in [-0.1, -0.05) is 17.7 Å². The standard InChI is InChI=1S/C19H17BrN2O3S/c1-10-4-5-14(11(2)6-10)21-19-22-18(24)16(26-19)9-12-7-13(20)17(23)15(8-12)25-3/h4-9,23H,1-3H3,(H,21,22,24). The number of halogens is 1. The van der Waals surface area contributed by atoms with Crippen molar-refractivity contribution < 1.29 is 14.6 Å². The molecule has 2 aromatic rings. The zero-order valence-corrected chi connectivity index (χ0v) is 16.9. The van der Waals surface area contributed by atoms with E-state index >= 15 is 0 Å². The zero-order chi connectivity index (χ0) is 18.8. The van der Waals surface area contributed by atoms with Crippen LogP contribution in [0.3, 0.4) is 0 Å². The van der Waals surface area contributed by atoms with Crippen LogP contribution in [0, 0.1) is 13.8 Å². The Kier molecular flexibility index (Phi) is 5.38. The van der Waals surface area contributed by atoms with E-state index in [2.05, 4.69) is 32.3 Å². The Hall–Kier alpha value is -2.25. The number of aliphatic imine (C=N–C) groups is 1. The number of hydrogen-bond acceptors (Lipinski definition) is 5. The topological polar surface area (TPSA) is 70.9 Å². The van der Waals surface area contributed by atoms with E-state index in [1.54, 1.807) is 18.2 Å². The summed E-state index contributed by atoms with van der Waals surface area (Å²) in [5.41, 5.74) is 3.78. The highest BCUT2D eigenvalue weighted by Crippen LogP contribution is 2.37. The number of rotatable bonds is 3. The highest BCUT2D eigenvalue weighted by molar-refractivity contribution is 9.10. The molecule has 0 atom stereocenters. The van der Waals surface area contributed by atoms with Gasteiger partial charge in [-0.25, -0.2) is 4.99 Å². The third-order valence-corrected chi connectivity index (χ3v) is 5.31. The van der Waals surface area contributed by atoms with Crippen LogP contribution in [-0.2, 0) is 4.79 Å². The first kappa shape index (κ1) is 18.5. The van der Waals surface area contributed by atoms with Gasteiger partial charge in [0.15, 0.2) is 16.7 Å². The molecule has 2 N–H and O–H groups in total. The van der Waals surface area contributed by atoms with E-state index in [1.807, 2.05) is 26.0 Å². The van der Waals surface area contributed by atoms with Gasteiger partial charge in [-0.2, -0.15) is 0 Å². The number of amidine groups is 1. The van der Waals surface area contributed by atoms with E-state index in [4.69, 9.17) is 4.74 Å². The predicted molar refractivity (Wildman–Crippen MR) is 109 cm³/mol. The first-order valence-corrected chi connectivity index (χ1v) is 9.41. The van der Waals surface area contributed by atoms with Crippen molar-refractivity contribution in [2.45, 2.75) is 13.8 Å². The Balaban J connectivity index is 1.89. The van der Waals surface area contributed by atoms with E-state index in [1.165, 1.54) is 24.4 Å². The van der Waals surface area contributed by atoms with Gasteiger partial charge in [-0.3, -0.25) is 4.79 Å². The molecule has 3 rings (SSSR count). The largest absolute Gasteiger partial charge is 0.503 e. The number of nitrogens with zero attached hydrogens (tertiary/aromatic N) is 1. The summed E-state index contributed by atoms with van der Waals surface area (Å²) in [7, 11) is 1.48. The van der Waals surface area contributed by atoms with Gasteiger partial charge in [0.1, 0.15) is 0 Å². The molecule has 1 aliphatic heterocycles. The average Bonchev–Trinajstić information content (AvgIpc) is 2.92. The summed E-state index contributed by atoms with van der Waals surface area (Å²) in [4.78, 5) is 17.3. The van der Waals surface area contributed by atoms with E-state index < -0.39 is 0 Å². The number of nitrogens with one attached hydrogen (secondary N) is 1. The SMILES string of the molecule is COc1cc(C=C2SC(=Nc3ccc(C)cc3C)NC2=O)cc(Br)c1O. The third kappa shape index (κ3) is 3.94. The molecule has 26 heavy (non-hydrogen) atoms. The van der Waals surface area contributed by atoms with Gasteiger partial charge in [0, 0.05) is 0 Å². The highest BCUT2D eigenvalue weighted by atomic mass is 79.9. The van der Waals surface area contributed by atoms with E-state index in [0.29, 0.717) is 20.3 Å². The number of amides is 1. The van der Waals surface area contributed by atoms with Gasteiger partial charge >= 0.3 is 0 Å². The van der Waals surface area contributed by atoms with Crippen molar-refractivity contribution in [1.82, 2.24) is 5.32 Å². The summed E-state index contributed by atoms with van der Waals surface area (Å²) in [5.74, 6) is 0.149. The molecule has 1 aliphatic rings. The van der Waals surface area contributed by atoms with Crippen LogP contribution in [-0.4, -0.2) is 23.3 Å². The molecule has 0 saturated carbocycles. The Bertz CT molecular complexity index is 954. The number of carbonyl (C=O) groups is 1. The number of methoxy groups -OCH3 is 1. The summed E-state index contributed by atoms with van der Waals surface area (Å²) in [5, 5.41) is 13.2. The smallest absolute Gasteiger partial charge is 0.264 e. The molecule has 0 aromatic heterocycles. The number of hydrogen-bond donors (Lipinski definition) is 2. The van der Waals surface area contributed by atoms with Gasteiger partial charge in [-0.05, 0) is 76.9 Å². The average molecular weight is 433 g/mol. The molecular formula is C19H17BrN2O3S. The quantitative estimate of drug-likeness (QED) is 0.691. The number of carbonyl (C=O) groups excluding carboxylic acids is 1. The number of benzene rings is 2. The lowest BCUT2D eigenvalue weighted by molar-refractivity contribution is -0.115. The first-order chi connectivity index (χ1) is 12.4. The molecule has 2 aromatic carbocycles. The van der Waals surface area contributed by atoms with Crippen molar-refractivity contribution in [3.63, 3.8) is 0 Å². The second kappa shape index (κ2) is 7.55. The highest BCUT2D eigenvalue weighted by Gasteiger charge is 2.24. The number of thioether (sulfide) groups is 1. The fourth-order valence-electron chi connectivity index (χ4n) is 2.50. The van der Waals surface area contributed by atoms with Crippen LogP contribution in [0.25, 0.3) is 6.08 Å². The van der Waals surface area contributed by atoms with E-state index in [0.717, 1.165) is 16.8 Å². The summed E-state index contributed by atoms with van der Waals surface area (Å²) < 4.78 is 5.64. The second-order valence-corrected chi connectivity index (χ2v) is 7.71. The molecular weight excluding hydrogens is 416 g/mol. The number of ether oxygens (including phenoxy) is 1. The van der Waals surface area contributed by atoms with Crippen molar-refractivity contribution in [3.8, 4) is 11.5 Å². The van der Waals surface area contributed by atoms with E-state index in [-0.39, 0.29) is 11.7 Å². The maximum Gasteiger partial charge on any atom is 0.264 e. The molecule has 0 radical (unpaired) electrons. The van der Waals surface area contributed by atoms with Gasteiger partial charge in [0.2, 0.25) is 0 Å². The molecule has 134 valence electrons. The molecule has 1 fully saturated rings. The van der Waals surface area contributed by atoms with Crippen molar-refractivity contribution in [2.75, 3.05) is 7.11 Å². The third-order valence-electron chi connectivity index (χ3n) is 3.79. The molecule has 0 aliphatic carbocycles. The molecule has 5 nitrogen and oxygen atoms in total. The number of phenols is 1. The van der Waals surface area contributed by atoms with Gasteiger partial charge < -0.3 is 15.2 Å². The monoisotopic (exact) mass is 432 g/mol. The van der Waals surface area contributed by atoms with Crippen LogP contribution in [0.2, 0.25) is 0 Å². The van der Waals surface area contributed by atoms with Crippen LogP contribution in [0.15, 0.2) is 44.7 Å².